The van der Waals surface area contributed by atoms with Gasteiger partial charge in [-0.15, -0.1) is 0 Å². The molecule has 2 amide bonds. The van der Waals surface area contributed by atoms with E-state index >= 15 is 0 Å². The summed E-state index contributed by atoms with van der Waals surface area (Å²) in [4.78, 5) is 34.0. The predicted molar refractivity (Wildman–Crippen MR) is 110 cm³/mol. The van der Waals surface area contributed by atoms with E-state index in [1.165, 1.54) is 24.4 Å². The summed E-state index contributed by atoms with van der Waals surface area (Å²) < 4.78 is 19.5. The lowest BCUT2D eigenvalue weighted by Crippen LogP contribution is -2.51. The monoisotopic (exact) mass is 440 g/mol. The Morgan fingerprint density at radius 3 is 3.00 bits per heavy atom. The van der Waals surface area contributed by atoms with Crippen molar-refractivity contribution in [3.8, 4) is 0 Å². The average Bonchev–Trinajstić information content (AvgIpc) is 3.19. The zero-order chi connectivity index (χ0) is 21.0. The number of carbonyl (C=O) groups excluding carboxylic acids is 2. The molecule has 1 aliphatic rings. The van der Waals surface area contributed by atoms with Crippen LogP contribution in [0.4, 0.5) is 9.18 Å². The first kappa shape index (κ1) is 21.4. The molecule has 29 heavy (non-hydrogen) atoms. The number of halogens is 2. The van der Waals surface area contributed by atoms with Crippen molar-refractivity contribution in [1.29, 1.82) is 0 Å². The molecule has 0 saturated heterocycles. The fraction of sp³-hybridized carbons (Fsp3) is 0.421. The van der Waals surface area contributed by atoms with E-state index in [2.05, 4.69) is 15.3 Å². The normalized spacial score (nSPS) is 16.8. The molecule has 7 nitrogen and oxygen atoms in total. The van der Waals surface area contributed by atoms with E-state index < -0.39 is 29.9 Å². The number of thioether (sulfide) groups is 1. The smallest absolute Gasteiger partial charge is 0.328 e. The predicted octanol–water partition coefficient (Wildman–Crippen LogP) is 3.15. The maximum atomic E-state index is 14.7. The number of H-pyrrole nitrogens is 1. The molecule has 0 spiro atoms. The molecule has 0 saturated carbocycles. The molecular formula is C19H22ClFN4O3S. The minimum atomic E-state index is -0.781. The van der Waals surface area contributed by atoms with Crippen molar-refractivity contribution in [2.75, 3.05) is 25.7 Å². The van der Waals surface area contributed by atoms with Gasteiger partial charge >= 0.3 is 12.0 Å². The fourth-order valence-electron chi connectivity index (χ4n) is 3.39. The maximum Gasteiger partial charge on any atom is 0.328 e. The molecule has 1 aromatic carbocycles. The molecule has 0 bridgehead atoms. The Bertz CT molecular complexity index is 894. The van der Waals surface area contributed by atoms with Crippen LogP contribution in [-0.4, -0.2) is 58.6 Å². The van der Waals surface area contributed by atoms with Crippen molar-refractivity contribution in [2.45, 2.75) is 24.9 Å². The van der Waals surface area contributed by atoms with Crippen LogP contribution in [-0.2, 0) is 16.0 Å². The third-order valence-electron chi connectivity index (χ3n) is 4.84. The standard InChI is InChI=1S/C19H22ClFN4O3S/c1-28-18(26)15(6-8-29-2)24-19(27)25-7-5-14-16(23-10-22-14)17(25)12-4-3-11(20)9-13(12)21/h3-4,9-10,15,17H,5-8H2,1-2H3,(H,22,23)(H,24,27)/t15-,17?/m0/s1. The minimum absolute atomic E-state index is 0.267. The van der Waals surface area contributed by atoms with Crippen LogP contribution < -0.4 is 5.32 Å². The molecule has 156 valence electrons. The number of ether oxygens (including phenoxy) is 1. The number of esters is 1. The SMILES string of the molecule is COC(=O)[C@H](CCSC)NC(=O)N1CCc2[nH]cnc2C1c1ccc(Cl)cc1F. The van der Waals surface area contributed by atoms with Crippen molar-refractivity contribution < 1.29 is 18.7 Å². The van der Waals surface area contributed by atoms with Gasteiger partial charge in [0.2, 0.25) is 0 Å². The molecule has 2 atom stereocenters. The Hall–Kier alpha value is -2.26. The van der Waals surface area contributed by atoms with Gasteiger partial charge in [0.15, 0.2) is 0 Å². The van der Waals surface area contributed by atoms with E-state index in [0.29, 0.717) is 30.8 Å². The van der Waals surface area contributed by atoms with Crippen molar-refractivity contribution in [2.24, 2.45) is 0 Å². The van der Waals surface area contributed by atoms with Gasteiger partial charge in [0, 0.05) is 29.2 Å². The number of carbonyl (C=O) groups is 2. The van der Waals surface area contributed by atoms with Crippen LogP contribution >= 0.6 is 23.4 Å². The van der Waals surface area contributed by atoms with E-state index in [1.54, 1.807) is 23.9 Å². The van der Waals surface area contributed by atoms with E-state index in [4.69, 9.17) is 16.3 Å². The van der Waals surface area contributed by atoms with Gasteiger partial charge in [-0.05, 0) is 30.6 Å². The molecule has 1 aliphatic heterocycles. The second kappa shape index (κ2) is 9.49. The summed E-state index contributed by atoms with van der Waals surface area (Å²) in [5.41, 5.74) is 1.71. The van der Waals surface area contributed by atoms with Crippen LogP contribution in [0.2, 0.25) is 5.02 Å². The van der Waals surface area contributed by atoms with Crippen LogP contribution in [0.5, 0.6) is 0 Å². The highest BCUT2D eigenvalue weighted by Gasteiger charge is 2.37. The van der Waals surface area contributed by atoms with Crippen LogP contribution in [0.3, 0.4) is 0 Å². The van der Waals surface area contributed by atoms with Gasteiger partial charge in [-0.1, -0.05) is 17.7 Å². The molecule has 2 heterocycles. The molecule has 1 aromatic heterocycles. The van der Waals surface area contributed by atoms with Gasteiger partial charge in [0.1, 0.15) is 17.9 Å². The number of benzene rings is 1. The van der Waals surface area contributed by atoms with Crippen molar-refractivity contribution in [3.63, 3.8) is 0 Å². The summed E-state index contributed by atoms with van der Waals surface area (Å²) in [5, 5.41) is 3.01. The van der Waals surface area contributed by atoms with Crippen molar-refractivity contribution in [1.82, 2.24) is 20.2 Å². The Morgan fingerprint density at radius 2 is 2.31 bits per heavy atom. The third-order valence-corrected chi connectivity index (χ3v) is 5.72. The molecule has 0 radical (unpaired) electrons. The number of amides is 2. The summed E-state index contributed by atoms with van der Waals surface area (Å²) in [6.45, 7) is 0.337. The number of fused-ring (bicyclic) bond motifs is 1. The Labute approximate surface area is 177 Å². The second-order valence-electron chi connectivity index (χ2n) is 6.58. The summed E-state index contributed by atoms with van der Waals surface area (Å²) in [6.07, 6.45) is 4.42. The second-order valence-corrected chi connectivity index (χ2v) is 8.01. The highest BCUT2D eigenvalue weighted by Crippen LogP contribution is 2.35. The van der Waals surface area contributed by atoms with Gasteiger partial charge in [-0.3, -0.25) is 0 Å². The highest BCUT2D eigenvalue weighted by molar-refractivity contribution is 7.98. The number of nitrogens with one attached hydrogen (secondary N) is 2. The lowest BCUT2D eigenvalue weighted by molar-refractivity contribution is -0.142. The number of hydrogen-bond acceptors (Lipinski definition) is 5. The van der Waals surface area contributed by atoms with Crippen molar-refractivity contribution >= 4 is 35.4 Å². The van der Waals surface area contributed by atoms with Crippen LogP contribution in [0.1, 0.15) is 29.4 Å². The lowest BCUT2D eigenvalue weighted by Gasteiger charge is -2.36. The number of aromatic nitrogens is 2. The molecule has 2 N–H and O–H groups in total. The molecule has 0 fully saturated rings. The number of methoxy groups -OCH3 is 1. The molecule has 3 rings (SSSR count). The van der Waals surface area contributed by atoms with Crippen LogP contribution in [0.15, 0.2) is 24.5 Å². The average molecular weight is 441 g/mol. The summed E-state index contributed by atoms with van der Waals surface area (Å²) in [5.74, 6) is -0.360. The van der Waals surface area contributed by atoms with Gasteiger partial charge in [-0.2, -0.15) is 11.8 Å². The van der Waals surface area contributed by atoms with E-state index in [1.807, 2.05) is 6.26 Å². The quantitative estimate of drug-likeness (QED) is 0.674. The topological polar surface area (TPSA) is 87.3 Å². The van der Waals surface area contributed by atoms with Crippen LogP contribution in [0, 0.1) is 5.82 Å². The number of hydrogen-bond donors (Lipinski definition) is 2. The summed E-state index contributed by atoms with van der Waals surface area (Å²) in [7, 11) is 1.28. The lowest BCUT2D eigenvalue weighted by atomic mass is 9.95. The van der Waals surface area contributed by atoms with Crippen molar-refractivity contribution in [3.05, 3.63) is 52.3 Å². The molecular weight excluding hydrogens is 419 g/mol. The minimum Gasteiger partial charge on any atom is -0.467 e. The maximum absolute atomic E-state index is 14.7. The molecule has 0 aliphatic carbocycles. The molecule has 10 heteroatoms. The Balaban J connectivity index is 1.91. The summed E-state index contributed by atoms with van der Waals surface area (Å²) >= 11 is 7.46. The third kappa shape index (κ3) is 4.67. The number of nitrogens with zero attached hydrogens (tertiary/aromatic N) is 2. The fourth-order valence-corrected chi connectivity index (χ4v) is 4.02. The number of rotatable bonds is 6. The van der Waals surface area contributed by atoms with Gasteiger partial charge in [0.05, 0.1) is 19.1 Å². The first-order chi connectivity index (χ1) is 14.0. The number of imidazole rings is 1. The number of urea groups is 1. The Kier molecular flexibility index (Phi) is 7.02. The van der Waals surface area contributed by atoms with Gasteiger partial charge in [0.25, 0.3) is 0 Å². The molecule has 2 aromatic rings. The molecule has 1 unspecified atom stereocenters. The first-order valence-corrected chi connectivity index (χ1v) is 10.8. The highest BCUT2D eigenvalue weighted by atomic mass is 35.5. The van der Waals surface area contributed by atoms with E-state index in [9.17, 15) is 14.0 Å². The van der Waals surface area contributed by atoms with Crippen LogP contribution in [0.25, 0.3) is 0 Å². The number of aromatic amines is 1. The van der Waals surface area contributed by atoms with E-state index in [-0.39, 0.29) is 10.6 Å². The largest absolute Gasteiger partial charge is 0.467 e. The summed E-state index contributed by atoms with van der Waals surface area (Å²) in [6, 6.07) is 2.35. The Morgan fingerprint density at radius 1 is 1.52 bits per heavy atom. The van der Waals surface area contributed by atoms with Gasteiger partial charge in [-0.25, -0.2) is 19.0 Å². The van der Waals surface area contributed by atoms with E-state index in [0.717, 1.165) is 5.69 Å². The zero-order valence-corrected chi connectivity index (χ0v) is 17.6. The van der Waals surface area contributed by atoms with Gasteiger partial charge < -0.3 is 19.9 Å². The first-order valence-electron chi connectivity index (χ1n) is 9.07. The zero-order valence-electron chi connectivity index (χ0n) is 16.1.